The van der Waals surface area contributed by atoms with Crippen molar-refractivity contribution in [1.82, 2.24) is 4.90 Å². The van der Waals surface area contributed by atoms with E-state index in [9.17, 15) is 14.7 Å². The molecule has 6 nitrogen and oxygen atoms in total. The molecule has 1 aliphatic heterocycles. The van der Waals surface area contributed by atoms with Crippen LogP contribution in [0.2, 0.25) is 0 Å². The fourth-order valence-corrected chi connectivity index (χ4v) is 3.37. The van der Waals surface area contributed by atoms with Crippen LogP contribution in [-0.2, 0) is 14.3 Å². The molecule has 1 amide bonds. The van der Waals surface area contributed by atoms with Crippen molar-refractivity contribution in [2.75, 3.05) is 20.3 Å². The molecule has 0 aliphatic carbocycles. The Bertz CT molecular complexity index is 882. The van der Waals surface area contributed by atoms with Gasteiger partial charge in [-0.2, -0.15) is 0 Å². The second-order valence-electron chi connectivity index (χ2n) is 6.67. The molecule has 1 fully saturated rings. The number of ketones is 1. The van der Waals surface area contributed by atoms with E-state index >= 15 is 0 Å². The van der Waals surface area contributed by atoms with Crippen LogP contribution < -0.4 is 0 Å². The third-order valence-electron chi connectivity index (χ3n) is 4.75. The Labute approximate surface area is 158 Å². The molecular weight excluding hydrogens is 346 g/mol. The molecule has 0 saturated carbocycles. The quantitative estimate of drug-likeness (QED) is 0.366. The van der Waals surface area contributed by atoms with Crippen LogP contribution in [0.5, 0.6) is 0 Å². The van der Waals surface area contributed by atoms with E-state index in [4.69, 9.17) is 9.15 Å². The molecule has 2 aromatic rings. The third-order valence-corrected chi connectivity index (χ3v) is 4.75. The Morgan fingerprint density at radius 3 is 2.70 bits per heavy atom. The lowest BCUT2D eigenvalue weighted by molar-refractivity contribution is -0.140. The van der Waals surface area contributed by atoms with Crippen LogP contribution in [0.25, 0.3) is 5.76 Å². The summed E-state index contributed by atoms with van der Waals surface area (Å²) in [5.74, 6) is -1.07. The number of Topliss-reactive ketones (excluding diaryl/α,β-unsaturated/α-hetero) is 1. The van der Waals surface area contributed by atoms with E-state index in [1.165, 1.54) is 11.2 Å². The minimum atomic E-state index is -0.753. The summed E-state index contributed by atoms with van der Waals surface area (Å²) in [6.07, 6.45) is 2.06. The maximum absolute atomic E-state index is 12.8. The lowest BCUT2D eigenvalue weighted by Crippen LogP contribution is -2.31. The van der Waals surface area contributed by atoms with Crippen molar-refractivity contribution < 1.29 is 23.8 Å². The molecular formula is C21H23NO5. The topological polar surface area (TPSA) is 80.0 Å². The Morgan fingerprint density at radius 2 is 2.04 bits per heavy atom. The predicted molar refractivity (Wildman–Crippen MR) is 100 cm³/mol. The summed E-state index contributed by atoms with van der Waals surface area (Å²) in [5.41, 5.74) is 2.37. The van der Waals surface area contributed by atoms with Gasteiger partial charge >= 0.3 is 0 Å². The number of aryl methyl sites for hydroxylation is 2. The predicted octanol–water partition coefficient (Wildman–Crippen LogP) is 3.35. The van der Waals surface area contributed by atoms with Gasteiger partial charge in [0.15, 0.2) is 0 Å². The normalized spacial score (nSPS) is 19.1. The molecule has 1 unspecified atom stereocenters. The van der Waals surface area contributed by atoms with Crippen molar-refractivity contribution in [1.29, 1.82) is 0 Å². The molecule has 6 heteroatoms. The zero-order valence-corrected chi connectivity index (χ0v) is 15.7. The number of rotatable bonds is 6. The monoisotopic (exact) mass is 369 g/mol. The first-order valence-corrected chi connectivity index (χ1v) is 8.84. The maximum Gasteiger partial charge on any atom is 0.295 e. The summed E-state index contributed by atoms with van der Waals surface area (Å²) in [5, 5.41) is 11.0. The number of carbonyl (C=O) groups excluding carboxylic acids is 2. The zero-order valence-electron chi connectivity index (χ0n) is 15.7. The number of carbonyl (C=O) groups is 2. The number of furan rings is 1. The van der Waals surface area contributed by atoms with Crippen LogP contribution in [0.3, 0.4) is 0 Å². The van der Waals surface area contributed by atoms with Gasteiger partial charge in [0.1, 0.15) is 17.6 Å². The molecule has 1 aliphatic rings. The number of ether oxygens (including phenoxy) is 1. The van der Waals surface area contributed by atoms with E-state index < -0.39 is 17.7 Å². The van der Waals surface area contributed by atoms with Crippen molar-refractivity contribution in [2.45, 2.75) is 26.3 Å². The van der Waals surface area contributed by atoms with Gasteiger partial charge in [-0.3, -0.25) is 9.59 Å². The van der Waals surface area contributed by atoms with E-state index in [0.717, 1.165) is 11.1 Å². The summed E-state index contributed by atoms with van der Waals surface area (Å²) < 4.78 is 10.6. The van der Waals surface area contributed by atoms with Crippen LogP contribution in [0.4, 0.5) is 0 Å². The van der Waals surface area contributed by atoms with Gasteiger partial charge < -0.3 is 19.2 Å². The zero-order chi connectivity index (χ0) is 19.6. The molecule has 0 bridgehead atoms. The number of nitrogens with zero attached hydrogens (tertiary/aromatic N) is 1. The fraction of sp³-hybridized carbons (Fsp3) is 0.333. The van der Waals surface area contributed by atoms with Crippen molar-refractivity contribution >= 4 is 17.4 Å². The van der Waals surface area contributed by atoms with E-state index in [-0.39, 0.29) is 11.3 Å². The second-order valence-corrected chi connectivity index (χ2v) is 6.67. The lowest BCUT2D eigenvalue weighted by Gasteiger charge is -2.23. The molecule has 1 N–H and O–H groups in total. The van der Waals surface area contributed by atoms with Crippen molar-refractivity contribution in [3.63, 3.8) is 0 Å². The average Bonchev–Trinajstić information content (AvgIpc) is 3.25. The van der Waals surface area contributed by atoms with Crippen LogP contribution >= 0.6 is 0 Å². The number of aliphatic hydroxyl groups is 1. The van der Waals surface area contributed by atoms with Crippen LogP contribution in [0.1, 0.15) is 34.9 Å². The highest BCUT2D eigenvalue weighted by Gasteiger charge is 2.47. The molecule has 1 aromatic carbocycles. The Morgan fingerprint density at radius 1 is 1.26 bits per heavy atom. The number of likely N-dealkylation sites (tertiary alicyclic amines) is 1. The summed E-state index contributed by atoms with van der Waals surface area (Å²) >= 11 is 0. The number of hydrogen-bond donors (Lipinski definition) is 1. The number of hydrogen-bond acceptors (Lipinski definition) is 5. The van der Waals surface area contributed by atoms with Gasteiger partial charge in [-0.1, -0.05) is 17.7 Å². The highest BCUT2D eigenvalue weighted by atomic mass is 16.5. The molecule has 142 valence electrons. The highest BCUT2D eigenvalue weighted by molar-refractivity contribution is 6.46. The van der Waals surface area contributed by atoms with E-state index in [1.807, 2.05) is 32.0 Å². The van der Waals surface area contributed by atoms with Gasteiger partial charge in [0.05, 0.1) is 11.8 Å². The highest BCUT2D eigenvalue weighted by Crippen LogP contribution is 2.40. The number of benzene rings is 1. The van der Waals surface area contributed by atoms with E-state index in [2.05, 4.69) is 0 Å². The van der Waals surface area contributed by atoms with E-state index in [1.54, 1.807) is 19.2 Å². The SMILES string of the molecule is COCCCN1C(=O)C(=O)C(=C(O)c2cc(C)ccc2C)C1c1ccco1. The Balaban J connectivity index is 2.12. The van der Waals surface area contributed by atoms with Crippen LogP contribution in [-0.4, -0.2) is 42.0 Å². The minimum absolute atomic E-state index is 0.0565. The molecule has 1 aromatic heterocycles. The summed E-state index contributed by atoms with van der Waals surface area (Å²) in [6, 6.07) is 8.26. The minimum Gasteiger partial charge on any atom is -0.507 e. The number of methoxy groups -OCH3 is 1. The maximum atomic E-state index is 12.8. The summed E-state index contributed by atoms with van der Waals surface area (Å²) in [6.45, 7) is 4.55. The largest absolute Gasteiger partial charge is 0.507 e. The van der Waals surface area contributed by atoms with Gasteiger partial charge in [-0.25, -0.2) is 0 Å². The standard InChI is InChI=1S/C21H23NO5/c1-13-7-8-14(2)15(12-13)19(23)17-18(16-6-4-11-27-16)22(9-5-10-26-3)21(25)20(17)24/h4,6-8,11-12,18,23H,5,9-10H2,1-3H3. The van der Waals surface area contributed by atoms with Crippen LogP contribution in [0.15, 0.2) is 46.6 Å². The lowest BCUT2D eigenvalue weighted by atomic mass is 9.96. The van der Waals surface area contributed by atoms with Gasteiger partial charge in [-0.15, -0.1) is 0 Å². The first-order chi connectivity index (χ1) is 13.0. The van der Waals surface area contributed by atoms with Gasteiger partial charge in [-0.05, 0) is 44.0 Å². The Hall–Kier alpha value is -2.86. The molecule has 1 saturated heterocycles. The second kappa shape index (κ2) is 7.80. The average molecular weight is 369 g/mol. The van der Waals surface area contributed by atoms with Gasteiger partial charge in [0.2, 0.25) is 0 Å². The fourth-order valence-electron chi connectivity index (χ4n) is 3.37. The molecule has 3 rings (SSSR count). The molecule has 0 spiro atoms. The first-order valence-electron chi connectivity index (χ1n) is 8.84. The van der Waals surface area contributed by atoms with Crippen molar-refractivity contribution in [3.8, 4) is 0 Å². The molecule has 2 heterocycles. The Kier molecular flexibility index (Phi) is 5.46. The number of aliphatic hydroxyl groups excluding tert-OH is 1. The first kappa shape index (κ1) is 18.9. The summed E-state index contributed by atoms with van der Waals surface area (Å²) in [7, 11) is 1.58. The molecule has 1 atom stereocenters. The third kappa shape index (κ3) is 3.53. The van der Waals surface area contributed by atoms with Crippen molar-refractivity contribution in [2.24, 2.45) is 0 Å². The van der Waals surface area contributed by atoms with Gasteiger partial charge in [0.25, 0.3) is 11.7 Å². The van der Waals surface area contributed by atoms with Crippen molar-refractivity contribution in [3.05, 3.63) is 64.6 Å². The summed E-state index contributed by atoms with van der Waals surface area (Å²) in [4.78, 5) is 26.9. The van der Waals surface area contributed by atoms with E-state index in [0.29, 0.717) is 30.9 Å². The number of amides is 1. The van der Waals surface area contributed by atoms with Gasteiger partial charge in [0, 0.05) is 25.8 Å². The molecule has 0 radical (unpaired) electrons. The molecule has 27 heavy (non-hydrogen) atoms. The van der Waals surface area contributed by atoms with Crippen LogP contribution in [0, 0.1) is 13.8 Å². The smallest absolute Gasteiger partial charge is 0.295 e.